The standard InChI is InChI=1S/C19H45B2N7O2/c1-22-10-6-4-8-16(26-20)18(29)24-12-14-28(3)15-13-25-19(30)17(27-21)9-5-7-11-23-2/h16-17,22-23,26-27H,4-15,20-21H2,1-3H3,(H,24,29)(H,25,30). The molecule has 0 aliphatic carbocycles. The van der Waals surface area contributed by atoms with E-state index in [9.17, 15) is 9.59 Å². The Morgan fingerprint density at radius 1 is 0.733 bits per heavy atom. The molecule has 6 N–H and O–H groups in total. The van der Waals surface area contributed by atoms with Gasteiger partial charge in [0.25, 0.3) is 0 Å². The Balaban J connectivity index is 3.95. The molecule has 0 aliphatic heterocycles. The summed E-state index contributed by atoms with van der Waals surface area (Å²) >= 11 is 0. The molecule has 0 fully saturated rings. The molecule has 0 saturated heterocycles. The predicted octanol–water partition coefficient (Wildman–Crippen LogP) is -3.06. The molecule has 2 unspecified atom stereocenters. The number of nitrogens with one attached hydrogen (secondary N) is 6. The van der Waals surface area contributed by atoms with Gasteiger partial charge in [-0.05, 0) is 59.9 Å². The number of amides is 2. The summed E-state index contributed by atoms with van der Waals surface area (Å²) < 4.78 is 0. The molecule has 174 valence electrons. The van der Waals surface area contributed by atoms with Crippen molar-refractivity contribution in [1.82, 2.24) is 36.6 Å². The van der Waals surface area contributed by atoms with Crippen molar-refractivity contribution in [3.8, 4) is 0 Å². The van der Waals surface area contributed by atoms with Gasteiger partial charge in [-0.25, -0.2) is 0 Å². The van der Waals surface area contributed by atoms with Crippen LogP contribution in [0, 0.1) is 0 Å². The number of carbonyl (C=O) groups excluding carboxylic acids is 2. The third-order valence-electron chi connectivity index (χ3n) is 5.25. The number of carbonyl (C=O) groups is 2. The summed E-state index contributed by atoms with van der Waals surface area (Å²) in [5, 5.41) is 18.5. The minimum atomic E-state index is -0.141. The summed E-state index contributed by atoms with van der Waals surface area (Å²) in [6.07, 6.45) is 5.85. The Bertz CT molecular complexity index is 409. The largest absolute Gasteiger partial charge is 0.353 e. The number of rotatable bonds is 20. The second-order valence-corrected chi connectivity index (χ2v) is 7.77. The van der Waals surface area contributed by atoms with Gasteiger partial charge in [0.2, 0.25) is 11.8 Å². The van der Waals surface area contributed by atoms with Crippen molar-refractivity contribution in [3.63, 3.8) is 0 Å². The fraction of sp³-hybridized carbons (Fsp3) is 0.895. The van der Waals surface area contributed by atoms with E-state index < -0.39 is 0 Å². The van der Waals surface area contributed by atoms with Crippen molar-refractivity contribution in [2.45, 2.75) is 50.6 Å². The van der Waals surface area contributed by atoms with Gasteiger partial charge < -0.3 is 36.6 Å². The number of hydrogen-bond donors (Lipinski definition) is 6. The highest BCUT2D eigenvalue weighted by Crippen LogP contribution is 2.01. The highest BCUT2D eigenvalue weighted by Gasteiger charge is 2.16. The fourth-order valence-corrected chi connectivity index (χ4v) is 3.21. The van der Waals surface area contributed by atoms with Crippen LogP contribution in [0.3, 0.4) is 0 Å². The predicted molar refractivity (Wildman–Crippen MR) is 130 cm³/mol. The topological polar surface area (TPSA) is 110 Å². The number of unbranched alkanes of at least 4 members (excludes halogenated alkanes) is 2. The van der Waals surface area contributed by atoms with E-state index in [-0.39, 0.29) is 23.9 Å². The normalized spacial score (nSPS) is 13.2. The van der Waals surface area contributed by atoms with Crippen LogP contribution in [0.25, 0.3) is 0 Å². The van der Waals surface area contributed by atoms with Gasteiger partial charge in [0.05, 0.1) is 12.1 Å². The molecule has 0 spiro atoms. The van der Waals surface area contributed by atoms with Crippen LogP contribution in [-0.4, -0.2) is 105 Å². The van der Waals surface area contributed by atoms with Crippen LogP contribution >= 0.6 is 0 Å². The van der Waals surface area contributed by atoms with Crippen LogP contribution in [0.4, 0.5) is 0 Å². The molecule has 0 aromatic carbocycles. The van der Waals surface area contributed by atoms with Gasteiger partial charge in [-0.15, -0.1) is 0 Å². The molecule has 0 aromatic heterocycles. The van der Waals surface area contributed by atoms with Crippen molar-refractivity contribution < 1.29 is 9.59 Å². The van der Waals surface area contributed by atoms with Crippen molar-refractivity contribution in [3.05, 3.63) is 0 Å². The van der Waals surface area contributed by atoms with E-state index in [4.69, 9.17) is 0 Å². The molecule has 0 heterocycles. The molecular formula is C19H45B2N7O2. The SMILES string of the molecule is BNC(CCCCNC)C(=O)NCCN(C)CCNC(=O)C(CCCCNC)NB. The Labute approximate surface area is 185 Å². The zero-order valence-electron chi connectivity index (χ0n) is 19.9. The molecule has 0 bridgehead atoms. The fourth-order valence-electron chi connectivity index (χ4n) is 3.21. The number of likely N-dealkylation sites (N-methyl/N-ethyl adjacent to an activating group) is 1. The average Bonchev–Trinajstić information content (AvgIpc) is 2.73. The molecular weight excluding hydrogens is 380 g/mol. The maximum atomic E-state index is 12.3. The molecule has 9 nitrogen and oxygen atoms in total. The van der Waals surface area contributed by atoms with E-state index in [0.717, 1.165) is 64.7 Å². The van der Waals surface area contributed by atoms with E-state index >= 15 is 0 Å². The monoisotopic (exact) mass is 425 g/mol. The third-order valence-corrected chi connectivity index (χ3v) is 5.25. The van der Waals surface area contributed by atoms with E-state index in [1.165, 1.54) is 0 Å². The summed E-state index contributed by atoms with van der Waals surface area (Å²) in [5.41, 5.74) is 0. The highest BCUT2D eigenvalue weighted by atomic mass is 16.2. The third kappa shape index (κ3) is 14.8. The van der Waals surface area contributed by atoms with Gasteiger partial charge in [0.15, 0.2) is 16.0 Å². The van der Waals surface area contributed by atoms with Crippen LogP contribution in [0.15, 0.2) is 0 Å². The highest BCUT2D eigenvalue weighted by molar-refractivity contribution is 6.07. The first-order valence-corrected chi connectivity index (χ1v) is 11.4. The van der Waals surface area contributed by atoms with E-state index in [1.54, 1.807) is 0 Å². The summed E-state index contributed by atoms with van der Waals surface area (Å²) in [7, 11) is 9.54. The first kappa shape index (κ1) is 28.9. The van der Waals surface area contributed by atoms with Crippen LogP contribution in [0.1, 0.15) is 38.5 Å². The summed E-state index contributed by atoms with van der Waals surface area (Å²) in [6, 6.07) is -0.281. The Hall–Kier alpha value is -1.13. The minimum absolute atomic E-state index is 0.0544. The summed E-state index contributed by atoms with van der Waals surface area (Å²) in [6.45, 7) is 4.65. The van der Waals surface area contributed by atoms with Crippen molar-refractivity contribution in [2.24, 2.45) is 0 Å². The Morgan fingerprint density at radius 2 is 1.13 bits per heavy atom. The quantitative estimate of drug-likeness (QED) is 0.0909. The molecule has 30 heavy (non-hydrogen) atoms. The maximum absolute atomic E-state index is 12.3. The zero-order valence-corrected chi connectivity index (χ0v) is 19.9. The van der Waals surface area contributed by atoms with Crippen molar-refractivity contribution >= 4 is 27.8 Å². The number of hydrogen-bond acceptors (Lipinski definition) is 7. The Morgan fingerprint density at radius 3 is 1.47 bits per heavy atom. The molecule has 0 saturated carbocycles. The lowest BCUT2D eigenvalue weighted by atomic mass is 10.1. The molecule has 11 heteroatoms. The molecule has 0 aromatic rings. The van der Waals surface area contributed by atoms with Crippen LogP contribution in [0.2, 0.25) is 0 Å². The minimum Gasteiger partial charge on any atom is -0.353 e. The smallest absolute Gasteiger partial charge is 0.236 e. The second-order valence-electron chi connectivity index (χ2n) is 7.77. The van der Waals surface area contributed by atoms with Gasteiger partial charge >= 0.3 is 0 Å². The molecule has 2 atom stereocenters. The van der Waals surface area contributed by atoms with Crippen LogP contribution in [-0.2, 0) is 9.59 Å². The summed E-state index contributed by atoms with van der Waals surface area (Å²) in [4.78, 5) is 26.7. The lowest BCUT2D eigenvalue weighted by Crippen LogP contribution is -2.47. The van der Waals surface area contributed by atoms with Gasteiger partial charge in [-0.1, -0.05) is 12.8 Å². The maximum Gasteiger partial charge on any atom is 0.236 e. The molecule has 0 aliphatic rings. The lowest BCUT2D eigenvalue weighted by Gasteiger charge is -2.21. The van der Waals surface area contributed by atoms with E-state index in [0.29, 0.717) is 13.1 Å². The van der Waals surface area contributed by atoms with Crippen molar-refractivity contribution in [2.75, 3.05) is 60.4 Å². The lowest BCUT2D eigenvalue weighted by molar-refractivity contribution is -0.123. The number of nitrogens with zero attached hydrogens (tertiary/aromatic N) is 1. The van der Waals surface area contributed by atoms with Gasteiger partial charge in [-0.2, -0.15) is 0 Å². The zero-order chi connectivity index (χ0) is 22.6. The first-order chi connectivity index (χ1) is 14.5. The average molecular weight is 425 g/mol. The van der Waals surface area contributed by atoms with Crippen LogP contribution in [0.5, 0.6) is 0 Å². The summed E-state index contributed by atoms with van der Waals surface area (Å²) in [5.74, 6) is 0.109. The van der Waals surface area contributed by atoms with Crippen LogP contribution < -0.4 is 31.7 Å². The van der Waals surface area contributed by atoms with Gasteiger partial charge in [0, 0.05) is 26.2 Å². The Kier molecular flexibility index (Phi) is 19.1. The van der Waals surface area contributed by atoms with E-state index in [2.05, 4.69) is 36.6 Å². The molecule has 2 amide bonds. The first-order valence-electron chi connectivity index (χ1n) is 11.4. The van der Waals surface area contributed by atoms with Crippen molar-refractivity contribution in [1.29, 1.82) is 0 Å². The second kappa shape index (κ2) is 19.8. The molecule has 0 radical (unpaired) electrons. The molecule has 0 rings (SSSR count). The van der Waals surface area contributed by atoms with Gasteiger partial charge in [0.1, 0.15) is 0 Å². The van der Waals surface area contributed by atoms with E-state index in [1.807, 2.05) is 37.1 Å². The van der Waals surface area contributed by atoms with Gasteiger partial charge in [-0.3, -0.25) is 9.59 Å².